The summed E-state index contributed by atoms with van der Waals surface area (Å²) in [5.74, 6) is 0.883. The molecule has 1 aromatic rings. The molecular formula is C36H71N2+. The maximum absolute atomic E-state index is 2.41. The first kappa shape index (κ1) is 35.2. The standard InChI is InChI=1S/C36H71N2/c1-4-5-6-7-8-9-10-11-12-13-14-15-16-19-22-25-28-31-37-33-34-38(35-37)32-29-26-23-20-17-18-21-24-27-30-36(2)3/h33-36H,4-32H2,1-3H3/q+1. The minimum atomic E-state index is 0.883. The van der Waals surface area contributed by atoms with Crippen molar-refractivity contribution in [2.75, 3.05) is 0 Å². The molecule has 0 amide bonds. The molecule has 0 atom stereocenters. The highest BCUT2D eigenvalue weighted by Crippen LogP contribution is 2.15. The monoisotopic (exact) mass is 532 g/mol. The van der Waals surface area contributed by atoms with Crippen LogP contribution in [0.25, 0.3) is 0 Å². The second-order valence-corrected chi connectivity index (χ2v) is 12.9. The number of nitrogens with zero attached hydrogens (tertiary/aromatic N) is 2. The highest BCUT2D eigenvalue weighted by Gasteiger charge is 2.04. The maximum Gasteiger partial charge on any atom is 0.243 e. The highest BCUT2D eigenvalue weighted by atomic mass is 15.1. The van der Waals surface area contributed by atoms with Crippen LogP contribution >= 0.6 is 0 Å². The third-order valence-electron chi connectivity index (χ3n) is 8.46. The maximum atomic E-state index is 2.41. The molecule has 0 radical (unpaired) electrons. The smallest absolute Gasteiger partial charge is 0.237 e. The third kappa shape index (κ3) is 24.3. The Hall–Kier alpha value is -0.790. The zero-order valence-corrected chi connectivity index (χ0v) is 26.7. The Morgan fingerprint density at radius 1 is 0.500 bits per heavy atom. The lowest BCUT2D eigenvalue weighted by atomic mass is 10.0. The molecule has 0 aliphatic rings. The van der Waals surface area contributed by atoms with Gasteiger partial charge in [-0.3, -0.25) is 0 Å². The molecule has 0 bridgehead atoms. The Morgan fingerprint density at radius 2 is 0.895 bits per heavy atom. The van der Waals surface area contributed by atoms with E-state index in [-0.39, 0.29) is 0 Å². The van der Waals surface area contributed by atoms with Crippen molar-refractivity contribution in [1.82, 2.24) is 4.57 Å². The van der Waals surface area contributed by atoms with E-state index in [4.69, 9.17) is 0 Å². The predicted molar refractivity (Wildman–Crippen MR) is 170 cm³/mol. The molecule has 0 unspecified atom stereocenters. The van der Waals surface area contributed by atoms with E-state index in [2.05, 4.69) is 48.6 Å². The fourth-order valence-corrected chi connectivity index (χ4v) is 5.81. The molecule has 0 saturated heterocycles. The molecular weight excluding hydrogens is 460 g/mol. The summed E-state index contributed by atoms with van der Waals surface area (Å²) in [5, 5.41) is 0. The zero-order chi connectivity index (χ0) is 27.4. The van der Waals surface area contributed by atoms with E-state index < -0.39 is 0 Å². The van der Waals surface area contributed by atoms with Gasteiger partial charge in [0.1, 0.15) is 12.4 Å². The number of aryl methyl sites for hydroxylation is 2. The summed E-state index contributed by atoms with van der Waals surface area (Å²) in [6, 6.07) is 0. The number of hydrogen-bond donors (Lipinski definition) is 0. The molecule has 0 spiro atoms. The van der Waals surface area contributed by atoms with Crippen molar-refractivity contribution in [1.29, 1.82) is 0 Å². The first-order valence-corrected chi connectivity index (χ1v) is 17.8. The molecule has 0 aromatic carbocycles. The van der Waals surface area contributed by atoms with Gasteiger partial charge in [-0.1, -0.05) is 168 Å². The van der Waals surface area contributed by atoms with Crippen molar-refractivity contribution >= 4 is 0 Å². The van der Waals surface area contributed by atoms with E-state index in [1.165, 1.54) is 186 Å². The average Bonchev–Trinajstić information content (AvgIpc) is 3.36. The Morgan fingerprint density at radius 3 is 1.34 bits per heavy atom. The van der Waals surface area contributed by atoms with Crippen molar-refractivity contribution < 1.29 is 4.57 Å². The van der Waals surface area contributed by atoms with Crippen LogP contribution in [0.15, 0.2) is 18.7 Å². The Labute approximate surface area is 240 Å². The van der Waals surface area contributed by atoms with Crippen molar-refractivity contribution in [3.05, 3.63) is 18.7 Å². The Balaban J connectivity index is 1.80. The predicted octanol–water partition coefficient (Wildman–Crippen LogP) is 12.0. The van der Waals surface area contributed by atoms with E-state index in [0.717, 1.165) is 5.92 Å². The second kappa shape index (κ2) is 27.8. The average molecular weight is 532 g/mol. The molecule has 38 heavy (non-hydrogen) atoms. The molecule has 2 nitrogen and oxygen atoms in total. The normalized spacial score (nSPS) is 11.7. The minimum absolute atomic E-state index is 0.883. The van der Waals surface area contributed by atoms with Gasteiger partial charge < -0.3 is 0 Å². The van der Waals surface area contributed by atoms with Crippen LogP contribution in [-0.4, -0.2) is 4.57 Å². The van der Waals surface area contributed by atoms with Gasteiger partial charge in [-0.05, 0) is 31.6 Å². The van der Waals surface area contributed by atoms with Gasteiger partial charge in [0.05, 0.1) is 13.1 Å². The van der Waals surface area contributed by atoms with Crippen molar-refractivity contribution in [2.45, 2.75) is 207 Å². The lowest BCUT2D eigenvalue weighted by molar-refractivity contribution is -0.696. The van der Waals surface area contributed by atoms with Crippen LogP contribution in [0.5, 0.6) is 0 Å². The van der Waals surface area contributed by atoms with Gasteiger partial charge in [0.15, 0.2) is 0 Å². The summed E-state index contributed by atoms with van der Waals surface area (Å²) in [7, 11) is 0. The van der Waals surface area contributed by atoms with E-state index in [0.29, 0.717) is 0 Å². The van der Waals surface area contributed by atoms with Crippen LogP contribution < -0.4 is 4.57 Å². The summed E-state index contributed by atoms with van der Waals surface area (Å²) >= 11 is 0. The summed E-state index contributed by atoms with van der Waals surface area (Å²) in [5.41, 5.74) is 0. The van der Waals surface area contributed by atoms with Crippen LogP contribution in [0.2, 0.25) is 0 Å². The van der Waals surface area contributed by atoms with Crippen LogP contribution in [-0.2, 0) is 13.1 Å². The molecule has 2 heteroatoms. The quantitative estimate of drug-likeness (QED) is 0.0689. The van der Waals surface area contributed by atoms with Crippen LogP contribution in [0, 0.1) is 5.92 Å². The number of hydrogen-bond acceptors (Lipinski definition) is 0. The van der Waals surface area contributed by atoms with E-state index in [1.807, 2.05) is 0 Å². The van der Waals surface area contributed by atoms with Crippen LogP contribution in [0.4, 0.5) is 0 Å². The lowest BCUT2D eigenvalue weighted by Gasteiger charge is -2.04. The second-order valence-electron chi connectivity index (χ2n) is 12.9. The summed E-state index contributed by atoms with van der Waals surface area (Å²) in [6.07, 6.45) is 45.8. The summed E-state index contributed by atoms with van der Waals surface area (Å²) < 4.78 is 4.81. The third-order valence-corrected chi connectivity index (χ3v) is 8.46. The van der Waals surface area contributed by atoms with E-state index in [9.17, 15) is 0 Å². The van der Waals surface area contributed by atoms with Gasteiger partial charge >= 0.3 is 0 Å². The SMILES string of the molecule is CCCCCCCCCCCCCCCCCCCn1cc[n+](CCCCCCCCCCCC(C)C)c1. The minimum Gasteiger partial charge on any atom is -0.237 e. The largest absolute Gasteiger partial charge is 0.243 e. The van der Waals surface area contributed by atoms with E-state index >= 15 is 0 Å². The molecule has 0 aliphatic heterocycles. The van der Waals surface area contributed by atoms with Gasteiger partial charge in [-0.15, -0.1) is 0 Å². The van der Waals surface area contributed by atoms with Gasteiger partial charge in [-0.2, -0.15) is 0 Å². The van der Waals surface area contributed by atoms with Gasteiger partial charge in [0, 0.05) is 0 Å². The zero-order valence-electron chi connectivity index (χ0n) is 26.7. The summed E-state index contributed by atoms with van der Waals surface area (Å²) in [4.78, 5) is 0. The highest BCUT2D eigenvalue weighted by molar-refractivity contribution is 4.66. The van der Waals surface area contributed by atoms with Crippen LogP contribution in [0.3, 0.4) is 0 Å². The van der Waals surface area contributed by atoms with Gasteiger partial charge in [-0.25, -0.2) is 9.13 Å². The fraction of sp³-hybridized carbons (Fsp3) is 0.917. The molecule has 0 N–H and O–H groups in total. The Kier molecular flexibility index (Phi) is 25.7. The lowest BCUT2D eigenvalue weighted by Crippen LogP contribution is -2.30. The molecule has 1 rings (SSSR count). The van der Waals surface area contributed by atoms with Gasteiger partial charge in [0.25, 0.3) is 0 Å². The van der Waals surface area contributed by atoms with Gasteiger partial charge in [0.2, 0.25) is 6.33 Å². The first-order chi connectivity index (χ1) is 18.7. The number of rotatable bonds is 30. The van der Waals surface area contributed by atoms with Crippen LogP contribution in [0.1, 0.15) is 194 Å². The molecule has 0 aliphatic carbocycles. The molecule has 224 valence electrons. The molecule has 1 aromatic heterocycles. The first-order valence-electron chi connectivity index (χ1n) is 17.8. The summed E-state index contributed by atoms with van der Waals surface area (Å²) in [6.45, 7) is 9.38. The number of unbranched alkanes of at least 4 members (excludes halogenated alkanes) is 24. The molecule has 0 fully saturated rings. The van der Waals surface area contributed by atoms with Crippen molar-refractivity contribution in [3.8, 4) is 0 Å². The topological polar surface area (TPSA) is 8.81 Å². The molecule has 1 heterocycles. The molecule has 0 saturated carbocycles. The Bertz CT molecular complexity index is 576. The fourth-order valence-electron chi connectivity index (χ4n) is 5.81. The van der Waals surface area contributed by atoms with Crippen molar-refractivity contribution in [3.63, 3.8) is 0 Å². The number of aromatic nitrogens is 2. The van der Waals surface area contributed by atoms with E-state index in [1.54, 1.807) is 0 Å². The van der Waals surface area contributed by atoms with Crippen molar-refractivity contribution in [2.24, 2.45) is 5.92 Å². The number of imidazole rings is 1.